The van der Waals surface area contributed by atoms with Gasteiger partial charge >= 0.3 is 12.0 Å². The third kappa shape index (κ3) is 3.98. The van der Waals surface area contributed by atoms with Crippen LogP contribution in [-0.2, 0) is 4.79 Å². The van der Waals surface area contributed by atoms with Crippen molar-refractivity contribution >= 4 is 12.0 Å². The summed E-state index contributed by atoms with van der Waals surface area (Å²) < 4.78 is 0. The van der Waals surface area contributed by atoms with Crippen molar-refractivity contribution in [3.63, 3.8) is 0 Å². The number of rotatable bonds is 4. The van der Waals surface area contributed by atoms with E-state index in [4.69, 9.17) is 5.11 Å². The first-order valence-corrected chi connectivity index (χ1v) is 7.09. The Hall–Kier alpha value is -1.52. The first-order valence-electron chi connectivity index (χ1n) is 7.09. The zero-order valence-electron chi connectivity index (χ0n) is 11.1. The summed E-state index contributed by atoms with van der Waals surface area (Å²) in [6, 6.07) is 0.0186. The quantitative estimate of drug-likeness (QED) is 0.680. The molecule has 0 aromatic rings. The molecule has 0 aromatic heterocycles. The minimum Gasteiger partial charge on any atom is -0.481 e. The summed E-state index contributed by atoms with van der Waals surface area (Å²) in [6.07, 6.45) is 9.55. The molecule has 0 spiro atoms. The summed E-state index contributed by atoms with van der Waals surface area (Å²) in [4.78, 5) is 22.9. The van der Waals surface area contributed by atoms with E-state index in [0.29, 0.717) is 6.54 Å². The van der Waals surface area contributed by atoms with Crippen molar-refractivity contribution < 1.29 is 14.7 Å². The van der Waals surface area contributed by atoms with Gasteiger partial charge in [-0.15, -0.1) is 0 Å². The van der Waals surface area contributed by atoms with E-state index in [1.54, 1.807) is 0 Å². The molecule has 0 aliphatic heterocycles. The first-order chi connectivity index (χ1) is 9.16. The maximum atomic E-state index is 11.7. The lowest BCUT2D eigenvalue weighted by molar-refractivity contribution is -0.144. The van der Waals surface area contributed by atoms with E-state index in [2.05, 4.69) is 22.8 Å². The highest BCUT2D eigenvalue weighted by Gasteiger charge is 2.30. The topological polar surface area (TPSA) is 78.4 Å². The highest BCUT2D eigenvalue weighted by molar-refractivity contribution is 5.74. The van der Waals surface area contributed by atoms with Gasteiger partial charge in [-0.1, -0.05) is 25.0 Å². The number of amides is 2. The molecule has 5 heteroatoms. The van der Waals surface area contributed by atoms with Gasteiger partial charge in [0.1, 0.15) is 0 Å². The highest BCUT2D eigenvalue weighted by atomic mass is 16.4. The van der Waals surface area contributed by atoms with Crippen molar-refractivity contribution in [2.45, 2.75) is 44.6 Å². The van der Waals surface area contributed by atoms with Crippen LogP contribution in [0, 0.1) is 11.8 Å². The van der Waals surface area contributed by atoms with Gasteiger partial charge in [0.2, 0.25) is 0 Å². The van der Waals surface area contributed by atoms with Crippen molar-refractivity contribution in [3.05, 3.63) is 12.2 Å². The predicted octanol–water partition coefficient (Wildman–Crippen LogP) is 1.90. The number of carbonyl (C=O) groups excluding carboxylic acids is 1. The van der Waals surface area contributed by atoms with Crippen molar-refractivity contribution in [2.24, 2.45) is 11.8 Å². The Kier molecular flexibility index (Phi) is 4.82. The Balaban J connectivity index is 1.73. The fourth-order valence-corrected chi connectivity index (χ4v) is 2.97. The monoisotopic (exact) mass is 266 g/mol. The van der Waals surface area contributed by atoms with Gasteiger partial charge in [-0.3, -0.25) is 4.79 Å². The van der Waals surface area contributed by atoms with E-state index in [1.807, 2.05) is 0 Å². The normalized spacial score (nSPS) is 27.2. The zero-order chi connectivity index (χ0) is 13.7. The average molecular weight is 266 g/mol. The summed E-state index contributed by atoms with van der Waals surface area (Å²) in [5.74, 6) is -0.965. The van der Waals surface area contributed by atoms with Gasteiger partial charge in [0, 0.05) is 12.6 Å². The number of carboxylic acids is 1. The summed E-state index contributed by atoms with van der Waals surface area (Å²) in [7, 11) is 0. The molecule has 2 amide bonds. The van der Waals surface area contributed by atoms with E-state index in [9.17, 15) is 9.59 Å². The van der Waals surface area contributed by atoms with Crippen LogP contribution in [0.25, 0.3) is 0 Å². The summed E-state index contributed by atoms with van der Waals surface area (Å²) in [5.41, 5.74) is 0. The van der Waals surface area contributed by atoms with Crippen LogP contribution in [0.4, 0.5) is 4.79 Å². The molecule has 2 atom stereocenters. The second-order valence-corrected chi connectivity index (χ2v) is 5.48. The Morgan fingerprint density at radius 1 is 1.16 bits per heavy atom. The number of nitrogens with one attached hydrogen (secondary N) is 2. The van der Waals surface area contributed by atoms with Gasteiger partial charge in [0.25, 0.3) is 0 Å². The first kappa shape index (κ1) is 13.9. The fraction of sp³-hybridized carbons (Fsp3) is 0.714. The molecule has 0 aromatic carbocycles. The Bertz CT molecular complexity index is 360. The van der Waals surface area contributed by atoms with Crippen LogP contribution in [0.3, 0.4) is 0 Å². The molecule has 0 bridgehead atoms. The third-order valence-corrected chi connectivity index (χ3v) is 4.09. The van der Waals surface area contributed by atoms with E-state index in [0.717, 1.165) is 38.5 Å². The van der Waals surface area contributed by atoms with Crippen molar-refractivity contribution in [1.29, 1.82) is 0 Å². The number of hydrogen-bond donors (Lipinski definition) is 3. The molecule has 3 N–H and O–H groups in total. The maximum absolute atomic E-state index is 11.7. The van der Waals surface area contributed by atoms with Crippen LogP contribution in [0.5, 0.6) is 0 Å². The number of carboxylic acid groups (broad SMARTS) is 1. The van der Waals surface area contributed by atoms with Gasteiger partial charge in [-0.2, -0.15) is 0 Å². The molecule has 1 saturated carbocycles. The van der Waals surface area contributed by atoms with E-state index in [-0.39, 0.29) is 23.9 Å². The largest absolute Gasteiger partial charge is 0.481 e. The molecule has 2 unspecified atom stereocenters. The minimum absolute atomic E-state index is 0.0682. The van der Waals surface area contributed by atoms with Crippen molar-refractivity contribution in [1.82, 2.24) is 10.6 Å². The molecule has 2 aliphatic carbocycles. The van der Waals surface area contributed by atoms with Crippen LogP contribution in [0.1, 0.15) is 38.5 Å². The molecule has 0 heterocycles. The number of urea groups is 1. The summed E-state index contributed by atoms with van der Waals surface area (Å²) in [5, 5.41) is 14.9. The van der Waals surface area contributed by atoms with Gasteiger partial charge in [0.15, 0.2) is 0 Å². The highest BCUT2D eigenvalue weighted by Crippen LogP contribution is 2.29. The SMILES string of the molecule is O=C(NCC1CCCCC1C(=O)O)NC1CC=CC1. The van der Waals surface area contributed by atoms with Gasteiger partial charge in [-0.25, -0.2) is 4.79 Å². The molecule has 0 saturated heterocycles. The predicted molar refractivity (Wildman–Crippen MR) is 71.8 cm³/mol. The lowest BCUT2D eigenvalue weighted by Gasteiger charge is -2.28. The van der Waals surface area contributed by atoms with Gasteiger partial charge in [0.05, 0.1) is 5.92 Å². The molecule has 1 fully saturated rings. The van der Waals surface area contributed by atoms with Crippen LogP contribution in [0.2, 0.25) is 0 Å². The molecule has 5 nitrogen and oxygen atoms in total. The zero-order valence-corrected chi connectivity index (χ0v) is 11.1. The van der Waals surface area contributed by atoms with E-state index in [1.165, 1.54) is 0 Å². The van der Waals surface area contributed by atoms with Crippen LogP contribution < -0.4 is 10.6 Å². The smallest absolute Gasteiger partial charge is 0.315 e. The Labute approximate surface area is 113 Å². The number of hydrogen-bond acceptors (Lipinski definition) is 2. The molecule has 2 rings (SSSR count). The van der Waals surface area contributed by atoms with Crippen molar-refractivity contribution in [3.8, 4) is 0 Å². The van der Waals surface area contributed by atoms with Gasteiger partial charge < -0.3 is 15.7 Å². The Morgan fingerprint density at radius 2 is 1.84 bits per heavy atom. The molecule has 19 heavy (non-hydrogen) atoms. The van der Waals surface area contributed by atoms with Crippen LogP contribution in [0.15, 0.2) is 12.2 Å². The third-order valence-electron chi connectivity index (χ3n) is 4.09. The maximum Gasteiger partial charge on any atom is 0.315 e. The van der Waals surface area contributed by atoms with Crippen molar-refractivity contribution in [2.75, 3.05) is 6.54 Å². The van der Waals surface area contributed by atoms with Crippen LogP contribution in [-0.4, -0.2) is 29.7 Å². The van der Waals surface area contributed by atoms with E-state index < -0.39 is 5.97 Å². The standard InChI is InChI=1S/C14H22N2O3/c17-13(18)12-8-4-1-5-10(12)9-15-14(19)16-11-6-2-3-7-11/h2-3,10-12H,1,4-9H2,(H,17,18)(H2,15,16,19). The van der Waals surface area contributed by atoms with Gasteiger partial charge in [-0.05, 0) is 31.6 Å². The number of carbonyl (C=O) groups is 2. The van der Waals surface area contributed by atoms with Crippen LogP contribution >= 0.6 is 0 Å². The second-order valence-electron chi connectivity index (χ2n) is 5.48. The molecule has 0 radical (unpaired) electrons. The molecular formula is C14H22N2O3. The molecule has 2 aliphatic rings. The minimum atomic E-state index is -0.730. The van der Waals surface area contributed by atoms with E-state index >= 15 is 0 Å². The number of aliphatic carboxylic acids is 1. The lowest BCUT2D eigenvalue weighted by Crippen LogP contribution is -2.44. The lowest BCUT2D eigenvalue weighted by atomic mass is 9.79. The fourth-order valence-electron chi connectivity index (χ4n) is 2.97. The average Bonchev–Trinajstić information content (AvgIpc) is 2.89. The molecule has 106 valence electrons. The summed E-state index contributed by atoms with van der Waals surface area (Å²) in [6.45, 7) is 0.461. The molecular weight excluding hydrogens is 244 g/mol. The second kappa shape index (κ2) is 6.59. The Morgan fingerprint density at radius 3 is 2.53 bits per heavy atom. The summed E-state index contributed by atoms with van der Waals surface area (Å²) >= 11 is 0.